The number of aromatic nitrogens is 1. The molecular formula is C19H24N4O. The fourth-order valence-electron chi connectivity index (χ4n) is 2.93. The predicted octanol–water partition coefficient (Wildman–Crippen LogP) is 3.07. The highest BCUT2D eigenvalue weighted by Crippen LogP contribution is 2.21. The third kappa shape index (κ3) is 3.85. The molecule has 1 aliphatic heterocycles. The van der Waals surface area contributed by atoms with Gasteiger partial charge in [-0.1, -0.05) is 19.1 Å². The number of hydrogen-bond acceptors (Lipinski definition) is 4. The summed E-state index contributed by atoms with van der Waals surface area (Å²) in [6.45, 7) is 7.89. The summed E-state index contributed by atoms with van der Waals surface area (Å²) in [6, 6.07) is 12.6. The molecule has 0 atom stereocenters. The maximum Gasteiger partial charge on any atom is 0.225 e. The van der Waals surface area contributed by atoms with E-state index in [1.165, 1.54) is 11.3 Å². The van der Waals surface area contributed by atoms with Crippen molar-refractivity contribution < 1.29 is 4.79 Å². The molecule has 2 heterocycles. The summed E-state index contributed by atoms with van der Waals surface area (Å²) in [5, 5.41) is 2.78. The summed E-state index contributed by atoms with van der Waals surface area (Å²) < 4.78 is 0. The van der Waals surface area contributed by atoms with E-state index >= 15 is 0 Å². The Balaban J connectivity index is 1.59. The van der Waals surface area contributed by atoms with Crippen molar-refractivity contribution in [2.24, 2.45) is 0 Å². The molecule has 1 amide bonds. The largest absolute Gasteiger partial charge is 0.368 e. The van der Waals surface area contributed by atoms with Crippen LogP contribution in [0.5, 0.6) is 0 Å². The van der Waals surface area contributed by atoms with Crippen LogP contribution < -0.4 is 15.1 Å². The number of piperazine rings is 1. The molecule has 1 aliphatic rings. The number of nitrogens with one attached hydrogen (secondary N) is 1. The third-order valence-electron chi connectivity index (χ3n) is 4.35. The van der Waals surface area contributed by atoms with Gasteiger partial charge < -0.3 is 15.1 Å². The van der Waals surface area contributed by atoms with Crippen LogP contribution in [0.15, 0.2) is 42.6 Å². The molecule has 0 spiro atoms. The van der Waals surface area contributed by atoms with E-state index in [2.05, 4.69) is 51.3 Å². The van der Waals surface area contributed by atoms with E-state index in [0.717, 1.165) is 31.9 Å². The first-order valence-corrected chi connectivity index (χ1v) is 8.48. The molecule has 24 heavy (non-hydrogen) atoms. The van der Waals surface area contributed by atoms with Gasteiger partial charge in [-0.2, -0.15) is 0 Å². The zero-order chi connectivity index (χ0) is 16.9. The normalized spacial score (nSPS) is 14.6. The van der Waals surface area contributed by atoms with Gasteiger partial charge in [0.25, 0.3) is 0 Å². The lowest BCUT2D eigenvalue weighted by Crippen LogP contribution is -2.46. The minimum atomic E-state index is -0.0120. The van der Waals surface area contributed by atoms with Crippen LogP contribution in [0.3, 0.4) is 0 Å². The maximum absolute atomic E-state index is 11.4. The monoisotopic (exact) mass is 324 g/mol. The number of pyridine rings is 1. The fraction of sp³-hybridized carbons (Fsp3) is 0.368. The van der Waals surface area contributed by atoms with Crippen LogP contribution >= 0.6 is 0 Å². The number of benzene rings is 1. The van der Waals surface area contributed by atoms with E-state index in [9.17, 15) is 4.79 Å². The first-order chi connectivity index (χ1) is 11.7. The number of amides is 1. The molecule has 5 heteroatoms. The van der Waals surface area contributed by atoms with Crippen molar-refractivity contribution in [2.45, 2.75) is 20.3 Å². The van der Waals surface area contributed by atoms with Gasteiger partial charge in [0.05, 0.1) is 11.9 Å². The van der Waals surface area contributed by atoms with E-state index in [1.54, 1.807) is 0 Å². The number of anilines is 3. The Bertz CT molecular complexity index is 691. The Morgan fingerprint density at radius 2 is 1.79 bits per heavy atom. The van der Waals surface area contributed by atoms with E-state index in [0.29, 0.717) is 12.2 Å². The number of rotatable bonds is 4. The fourth-order valence-corrected chi connectivity index (χ4v) is 2.93. The summed E-state index contributed by atoms with van der Waals surface area (Å²) in [7, 11) is 0. The molecule has 0 unspecified atom stereocenters. The summed E-state index contributed by atoms with van der Waals surface area (Å²) in [5.41, 5.74) is 3.70. The summed E-state index contributed by atoms with van der Waals surface area (Å²) in [4.78, 5) is 20.5. The minimum Gasteiger partial charge on any atom is -0.368 e. The Labute approximate surface area is 143 Å². The molecule has 1 fully saturated rings. The molecule has 0 radical (unpaired) electrons. The molecule has 1 aromatic heterocycles. The Morgan fingerprint density at radius 3 is 2.38 bits per heavy atom. The molecule has 3 rings (SSSR count). The topological polar surface area (TPSA) is 48.5 Å². The van der Waals surface area contributed by atoms with Crippen molar-refractivity contribution in [3.8, 4) is 0 Å². The third-order valence-corrected chi connectivity index (χ3v) is 4.35. The predicted molar refractivity (Wildman–Crippen MR) is 98.8 cm³/mol. The van der Waals surface area contributed by atoms with Crippen LogP contribution in [-0.4, -0.2) is 37.1 Å². The average Bonchev–Trinajstić information content (AvgIpc) is 2.62. The van der Waals surface area contributed by atoms with Gasteiger partial charge in [-0.15, -0.1) is 0 Å². The van der Waals surface area contributed by atoms with E-state index in [-0.39, 0.29) is 5.91 Å². The zero-order valence-electron chi connectivity index (χ0n) is 14.3. The number of carbonyl (C=O) groups excluding carboxylic acids is 1. The van der Waals surface area contributed by atoms with Crippen molar-refractivity contribution in [1.29, 1.82) is 0 Å². The molecule has 0 aliphatic carbocycles. The van der Waals surface area contributed by atoms with Gasteiger partial charge in [0.2, 0.25) is 5.91 Å². The summed E-state index contributed by atoms with van der Waals surface area (Å²) in [5.74, 6) is 0.603. The first kappa shape index (κ1) is 16.3. The van der Waals surface area contributed by atoms with Crippen LogP contribution in [0.4, 0.5) is 17.2 Å². The van der Waals surface area contributed by atoms with E-state index in [1.807, 2.05) is 25.3 Å². The lowest BCUT2D eigenvalue weighted by molar-refractivity contribution is -0.115. The number of nitrogens with zero attached hydrogens (tertiary/aromatic N) is 3. The molecule has 5 nitrogen and oxygen atoms in total. The Hall–Kier alpha value is -2.56. The second-order valence-corrected chi connectivity index (χ2v) is 6.12. The van der Waals surface area contributed by atoms with Crippen LogP contribution in [0.2, 0.25) is 0 Å². The Kier molecular flexibility index (Phi) is 4.99. The zero-order valence-corrected chi connectivity index (χ0v) is 14.3. The van der Waals surface area contributed by atoms with Crippen molar-refractivity contribution in [3.63, 3.8) is 0 Å². The number of hydrogen-bond donors (Lipinski definition) is 1. The van der Waals surface area contributed by atoms with Crippen LogP contribution in [0.1, 0.15) is 18.9 Å². The summed E-state index contributed by atoms with van der Waals surface area (Å²) in [6.07, 6.45) is 2.30. The number of aryl methyl sites for hydroxylation is 1. The molecular weight excluding hydrogens is 300 g/mol. The SMILES string of the molecule is CCC(=O)Nc1ccc(N2CCN(c3cccc(C)c3)CC2)cn1. The molecule has 2 aromatic rings. The van der Waals surface area contributed by atoms with Crippen molar-refractivity contribution >= 4 is 23.1 Å². The lowest BCUT2D eigenvalue weighted by atomic mass is 10.2. The lowest BCUT2D eigenvalue weighted by Gasteiger charge is -2.37. The van der Waals surface area contributed by atoms with Crippen LogP contribution in [0.25, 0.3) is 0 Å². The van der Waals surface area contributed by atoms with Crippen molar-refractivity contribution in [2.75, 3.05) is 41.3 Å². The van der Waals surface area contributed by atoms with E-state index < -0.39 is 0 Å². The van der Waals surface area contributed by atoms with Crippen LogP contribution in [0, 0.1) is 6.92 Å². The van der Waals surface area contributed by atoms with Gasteiger partial charge in [-0.25, -0.2) is 4.98 Å². The molecule has 0 saturated carbocycles. The maximum atomic E-state index is 11.4. The molecule has 1 saturated heterocycles. The number of carbonyl (C=O) groups is 1. The van der Waals surface area contributed by atoms with Gasteiger partial charge in [0.15, 0.2) is 0 Å². The van der Waals surface area contributed by atoms with Gasteiger partial charge in [0.1, 0.15) is 5.82 Å². The highest BCUT2D eigenvalue weighted by Gasteiger charge is 2.18. The minimum absolute atomic E-state index is 0.0120. The van der Waals surface area contributed by atoms with Gasteiger partial charge in [0, 0.05) is 38.3 Å². The quantitative estimate of drug-likeness (QED) is 0.939. The summed E-state index contributed by atoms with van der Waals surface area (Å²) >= 11 is 0. The van der Waals surface area contributed by atoms with Gasteiger partial charge >= 0.3 is 0 Å². The second kappa shape index (κ2) is 7.34. The molecule has 126 valence electrons. The average molecular weight is 324 g/mol. The molecule has 0 bridgehead atoms. The van der Waals surface area contributed by atoms with Crippen LogP contribution in [-0.2, 0) is 4.79 Å². The van der Waals surface area contributed by atoms with Crippen molar-refractivity contribution in [3.05, 3.63) is 48.2 Å². The van der Waals surface area contributed by atoms with Gasteiger partial charge in [-0.05, 0) is 36.8 Å². The van der Waals surface area contributed by atoms with Crippen molar-refractivity contribution in [1.82, 2.24) is 4.98 Å². The molecule has 1 aromatic carbocycles. The highest BCUT2D eigenvalue weighted by molar-refractivity contribution is 5.89. The highest BCUT2D eigenvalue weighted by atomic mass is 16.1. The second-order valence-electron chi connectivity index (χ2n) is 6.12. The smallest absolute Gasteiger partial charge is 0.225 e. The molecule has 1 N–H and O–H groups in total. The first-order valence-electron chi connectivity index (χ1n) is 8.48. The standard InChI is InChI=1S/C19H24N4O/c1-3-19(24)21-18-8-7-17(14-20-18)23-11-9-22(10-12-23)16-6-4-5-15(2)13-16/h4-8,13-14H,3,9-12H2,1-2H3,(H,20,21,24). The van der Waals surface area contributed by atoms with Gasteiger partial charge in [-0.3, -0.25) is 4.79 Å². The van der Waals surface area contributed by atoms with E-state index in [4.69, 9.17) is 0 Å². The Morgan fingerprint density at radius 1 is 1.08 bits per heavy atom.